The van der Waals surface area contributed by atoms with Crippen LogP contribution in [0.1, 0.15) is 45.4 Å². The fraction of sp³-hybridized carbons (Fsp3) is 0.833. The highest BCUT2D eigenvalue weighted by atomic mass is 16.4. The van der Waals surface area contributed by atoms with Crippen LogP contribution in [0.2, 0.25) is 0 Å². The molecule has 0 radical (unpaired) electrons. The Morgan fingerprint density at radius 3 is 2.53 bits per heavy atom. The highest BCUT2D eigenvalue weighted by Crippen LogP contribution is 2.09. The van der Waals surface area contributed by atoms with Gasteiger partial charge >= 0.3 is 5.97 Å². The molecule has 0 bridgehead atoms. The molecule has 100 valence electrons. The lowest BCUT2D eigenvalue weighted by Crippen LogP contribution is -2.25. The Morgan fingerprint density at radius 1 is 1.24 bits per heavy atom. The van der Waals surface area contributed by atoms with Gasteiger partial charge in [-0.15, -0.1) is 0 Å². The second kappa shape index (κ2) is 10.1. The molecule has 5 nitrogen and oxygen atoms in total. The largest absolute Gasteiger partial charge is 0.481 e. The van der Waals surface area contributed by atoms with Gasteiger partial charge in [0.15, 0.2) is 0 Å². The standard InChI is InChI=1S/C12H24N2O3/c1-10(5-6-12(16)17)7-9-14-11(15)4-2-3-8-13/h10H,2-9,13H2,1H3,(H,14,15)(H,16,17). The van der Waals surface area contributed by atoms with Gasteiger partial charge < -0.3 is 16.2 Å². The summed E-state index contributed by atoms with van der Waals surface area (Å²) >= 11 is 0. The minimum atomic E-state index is -0.761. The van der Waals surface area contributed by atoms with Crippen LogP contribution in [0.5, 0.6) is 0 Å². The van der Waals surface area contributed by atoms with E-state index in [-0.39, 0.29) is 12.3 Å². The van der Waals surface area contributed by atoms with Gasteiger partial charge in [0.05, 0.1) is 0 Å². The molecule has 0 aromatic heterocycles. The molecule has 1 amide bonds. The van der Waals surface area contributed by atoms with Gasteiger partial charge in [0.2, 0.25) is 5.91 Å². The number of carboxylic acids is 1. The number of rotatable bonds is 10. The molecule has 0 rings (SSSR count). The van der Waals surface area contributed by atoms with E-state index in [2.05, 4.69) is 5.32 Å². The molecule has 0 aliphatic carbocycles. The maximum atomic E-state index is 11.3. The lowest BCUT2D eigenvalue weighted by Gasteiger charge is -2.10. The van der Waals surface area contributed by atoms with Gasteiger partial charge in [-0.1, -0.05) is 6.92 Å². The maximum Gasteiger partial charge on any atom is 0.303 e. The first-order valence-corrected chi connectivity index (χ1v) is 6.24. The molecule has 0 aliphatic heterocycles. The molecule has 0 aromatic carbocycles. The fourth-order valence-corrected chi connectivity index (χ4v) is 1.49. The number of nitrogens with one attached hydrogen (secondary N) is 1. The highest BCUT2D eigenvalue weighted by Gasteiger charge is 2.06. The van der Waals surface area contributed by atoms with Crippen molar-refractivity contribution in [1.29, 1.82) is 0 Å². The first kappa shape index (κ1) is 15.9. The molecule has 0 aromatic rings. The maximum absolute atomic E-state index is 11.3. The zero-order valence-corrected chi connectivity index (χ0v) is 10.6. The SMILES string of the molecule is CC(CCNC(=O)CCCCN)CCC(=O)O. The molecule has 0 spiro atoms. The number of aliphatic carboxylic acids is 1. The van der Waals surface area contributed by atoms with Crippen LogP contribution < -0.4 is 11.1 Å². The van der Waals surface area contributed by atoms with Crippen LogP contribution in [0.25, 0.3) is 0 Å². The smallest absolute Gasteiger partial charge is 0.303 e. The van der Waals surface area contributed by atoms with E-state index in [1.54, 1.807) is 0 Å². The molecular weight excluding hydrogens is 220 g/mol. The Labute approximate surface area is 103 Å². The number of carbonyl (C=O) groups excluding carboxylic acids is 1. The van der Waals surface area contributed by atoms with E-state index in [0.29, 0.717) is 31.8 Å². The third-order valence-corrected chi connectivity index (χ3v) is 2.67. The van der Waals surface area contributed by atoms with E-state index in [1.165, 1.54) is 0 Å². The van der Waals surface area contributed by atoms with Crippen LogP contribution >= 0.6 is 0 Å². The minimum absolute atomic E-state index is 0.0592. The van der Waals surface area contributed by atoms with Gasteiger partial charge in [-0.05, 0) is 38.1 Å². The van der Waals surface area contributed by atoms with Gasteiger partial charge in [0, 0.05) is 19.4 Å². The number of unbranched alkanes of at least 4 members (excludes halogenated alkanes) is 1. The van der Waals surface area contributed by atoms with Crippen LogP contribution in [-0.4, -0.2) is 30.1 Å². The van der Waals surface area contributed by atoms with E-state index in [0.717, 1.165) is 19.3 Å². The van der Waals surface area contributed by atoms with Crippen molar-refractivity contribution in [1.82, 2.24) is 5.32 Å². The normalized spacial score (nSPS) is 12.1. The summed E-state index contributed by atoms with van der Waals surface area (Å²) in [5.41, 5.74) is 5.33. The van der Waals surface area contributed by atoms with E-state index < -0.39 is 5.97 Å². The van der Waals surface area contributed by atoms with Gasteiger partial charge in [0.1, 0.15) is 0 Å². The number of hydrogen-bond donors (Lipinski definition) is 3. The van der Waals surface area contributed by atoms with Crippen LogP contribution in [0, 0.1) is 5.92 Å². The van der Waals surface area contributed by atoms with Crippen LogP contribution in [0.15, 0.2) is 0 Å². The summed E-state index contributed by atoms with van der Waals surface area (Å²) < 4.78 is 0. The number of amides is 1. The monoisotopic (exact) mass is 244 g/mol. The summed E-state index contributed by atoms with van der Waals surface area (Å²) in [6.07, 6.45) is 3.93. The van der Waals surface area contributed by atoms with E-state index in [1.807, 2.05) is 6.92 Å². The van der Waals surface area contributed by atoms with Gasteiger partial charge in [-0.2, -0.15) is 0 Å². The van der Waals surface area contributed by atoms with Gasteiger partial charge in [-0.3, -0.25) is 9.59 Å². The average Bonchev–Trinajstić information content (AvgIpc) is 2.27. The Morgan fingerprint density at radius 2 is 1.94 bits per heavy atom. The number of carboxylic acid groups (broad SMARTS) is 1. The zero-order valence-electron chi connectivity index (χ0n) is 10.6. The molecule has 5 heteroatoms. The van der Waals surface area contributed by atoms with Crippen molar-refractivity contribution in [3.8, 4) is 0 Å². The summed E-state index contributed by atoms with van der Waals surface area (Å²) in [7, 11) is 0. The van der Waals surface area contributed by atoms with Crippen molar-refractivity contribution in [3.05, 3.63) is 0 Å². The van der Waals surface area contributed by atoms with Crippen molar-refractivity contribution >= 4 is 11.9 Å². The third kappa shape index (κ3) is 11.2. The van der Waals surface area contributed by atoms with Crippen molar-refractivity contribution in [2.24, 2.45) is 11.7 Å². The van der Waals surface area contributed by atoms with Crippen molar-refractivity contribution in [3.63, 3.8) is 0 Å². The molecule has 0 heterocycles. The molecule has 1 unspecified atom stereocenters. The first-order valence-electron chi connectivity index (χ1n) is 6.24. The Balaban J connectivity index is 3.42. The second-order valence-electron chi connectivity index (χ2n) is 4.42. The van der Waals surface area contributed by atoms with E-state index >= 15 is 0 Å². The number of nitrogens with two attached hydrogens (primary N) is 1. The van der Waals surface area contributed by atoms with Gasteiger partial charge in [0.25, 0.3) is 0 Å². The quantitative estimate of drug-likeness (QED) is 0.502. The Bertz CT molecular complexity index is 232. The lowest BCUT2D eigenvalue weighted by molar-refractivity contribution is -0.137. The molecular formula is C12H24N2O3. The van der Waals surface area contributed by atoms with E-state index in [4.69, 9.17) is 10.8 Å². The molecule has 0 aliphatic rings. The predicted octanol–water partition coefficient (Wildman–Crippen LogP) is 1.12. The molecule has 4 N–H and O–H groups in total. The highest BCUT2D eigenvalue weighted by molar-refractivity contribution is 5.75. The van der Waals surface area contributed by atoms with E-state index in [9.17, 15) is 9.59 Å². The minimum Gasteiger partial charge on any atom is -0.481 e. The topological polar surface area (TPSA) is 92.4 Å². The van der Waals surface area contributed by atoms with Gasteiger partial charge in [-0.25, -0.2) is 0 Å². The molecule has 0 saturated heterocycles. The van der Waals surface area contributed by atoms with Crippen molar-refractivity contribution in [2.45, 2.75) is 45.4 Å². The zero-order chi connectivity index (χ0) is 13.1. The Hall–Kier alpha value is -1.10. The predicted molar refractivity (Wildman–Crippen MR) is 66.6 cm³/mol. The summed E-state index contributed by atoms with van der Waals surface area (Å²) in [6.45, 7) is 3.26. The molecule has 0 saturated carbocycles. The van der Waals surface area contributed by atoms with Crippen molar-refractivity contribution in [2.75, 3.05) is 13.1 Å². The Kier molecular flexibility index (Phi) is 9.43. The lowest BCUT2D eigenvalue weighted by atomic mass is 10.0. The fourth-order valence-electron chi connectivity index (χ4n) is 1.49. The second-order valence-corrected chi connectivity index (χ2v) is 4.42. The average molecular weight is 244 g/mol. The summed E-state index contributed by atoms with van der Waals surface area (Å²) in [5.74, 6) is -0.373. The molecule has 1 atom stereocenters. The van der Waals surface area contributed by atoms with Crippen molar-refractivity contribution < 1.29 is 14.7 Å². The summed E-state index contributed by atoms with van der Waals surface area (Å²) in [4.78, 5) is 21.7. The number of hydrogen-bond acceptors (Lipinski definition) is 3. The molecule has 0 fully saturated rings. The third-order valence-electron chi connectivity index (χ3n) is 2.67. The van der Waals surface area contributed by atoms with Crippen LogP contribution in [0.4, 0.5) is 0 Å². The summed E-state index contributed by atoms with van der Waals surface area (Å²) in [5, 5.41) is 11.3. The first-order chi connectivity index (χ1) is 8.06. The summed E-state index contributed by atoms with van der Waals surface area (Å²) in [6, 6.07) is 0. The van der Waals surface area contributed by atoms with Crippen LogP contribution in [-0.2, 0) is 9.59 Å². The molecule has 17 heavy (non-hydrogen) atoms. The number of carbonyl (C=O) groups is 2. The van der Waals surface area contributed by atoms with Crippen LogP contribution in [0.3, 0.4) is 0 Å².